The first-order valence-corrected chi connectivity index (χ1v) is 5.82. The molecule has 2 rings (SSSR count). The van der Waals surface area contributed by atoms with Gasteiger partial charge < -0.3 is 0 Å². The number of aliphatic imine (C=N–C) groups is 2. The third-order valence-electron chi connectivity index (χ3n) is 3.00. The van der Waals surface area contributed by atoms with Crippen LogP contribution in [0.5, 0.6) is 0 Å². The van der Waals surface area contributed by atoms with Crippen molar-refractivity contribution in [3.63, 3.8) is 0 Å². The van der Waals surface area contributed by atoms with Gasteiger partial charge in [-0.2, -0.15) is 0 Å². The van der Waals surface area contributed by atoms with Crippen molar-refractivity contribution in [2.45, 2.75) is 32.1 Å². The predicted octanol–water partition coefficient (Wildman–Crippen LogP) is 3.37. The average Bonchev–Trinajstić information content (AvgIpc) is 2.32. The van der Waals surface area contributed by atoms with Gasteiger partial charge in [0.05, 0.1) is 0 Å². The normalized spacial score (nSPS) is 28.5. The summed E-state index contributed by atoms with van der Waals surface area (Å²) in [5.41, 5.74) is 0. The Hall–Kier alpha value is -1.18. The Bertz CT molecular complexity index is 270. The fourth-order valence-electron chi connectivity index (χ4n) is 2.08. The highest BCUT2D eigenvalue weighted by molar-refractivity contribution is 5.63. The summed E-state index contributed by atoms with van der Waals surface area (Å²) in [6.45, 7) is 0. The molecule has 0 aromatic carbocycles. The summed E-state index contributed by atoms with van der Waals surface area (Å²) >= 11 is 0. The van der Waals surface area contributed by atoms with Gasteiger partial charge in [0.15, 0.2) is 0 Å². The zero-order chi connectivity index (χ0) is 10.3. The lowest BCUT2D eigenvalue weighted by Gasteiger charge is -2.15. The van der Waals surface area contributed by atoms with Crippen molar-refractivity contribution >= 4 is 12.4 Å². The topological polar surface area (TPSA) is 24.7 Å². The van der Waals surface area contributed by atoms with E-state index in [0.29, 0.717) is 11.8 Å². The van der Waals surface area contributed by atoms with Crippen molar-refractivity contribution in [3.05, 3.63) is 24.6 Å². The maximum atomic E-state index is 4.18. The van der Waals surface area contributed by atoms with Gasteiger partial charge in [-0.3, -0.25) is 9.98 Å². The molecular weight excluding hydrogens is 184 g/mol. The molecule has 2 atom stereocenters. The van der Waals surface area contributed by atoms with Gasteiger partial charge in [0.25, 0.3) is 0 Å². The highest BCUT2D eigenvalue weighted by Gasteiger charge is 2.09. The van der Waals surface area contributed by atoms with Crippen LogP contribution in [-0.4, -0.2) is 12.4 Å². The van der Waals surface area contributed by atoms with Crippen LogP contribution in [0, 0.1) is 11.8 Å². The number of allylic oxidation sites excluding steroid dienone is 2. The van der Waals surface area contributed by atoms with Gasteiger partial charge in [0.2, 0.25) is 0 Å². The highest BCUT2D eigenvalue weighted by atomic mass is 14.7. The second-order valence-electron chi connectivity index (χ2n) is 4.29. The van der Waals surface area contributed by atoms with E-state index < -0.39 is 0 Å². The first-order chi connectivity index (χ1) is 7.45. The SMILES string of the molecule is C1=CN=CC(CCCC2C=NC=CC2)C1. The van der Waals surface area contributed by atoms with E-state index in [4.69, 9.17) is 0 Å². The molecule has 0 bridgehead atoms. The van der Waals surface area contributed by atoms with Gasteiger partial charge in [-0.05, 0) is 37.5 Å². The molecule has 80 valence electrons. The quantitative estimate of drug-likeness (QED) is 0.667. The molecule has 2 nitrogen and oxygen atoms in total. The van der Waals surface area contributed by atoms with Gasteiger partial charge in [-0.15, -0.1) is 0 Å². The summed E-state index contributed by atoms with van der Waals surface area (Å²) < 4.78 is 0. The van der Waals surface area contributed by atoms with E-state index >= 15 is 0 Å². The number of hydrogen-bond donors (Lipinski definition) is 0. The fourth-order valence-corrected chi connectivity index (χ4v) is 2.08. The first kappa shape index (κ1) is 10.3. The maximum absolute atomic E-state index is 4.18. The Labute approximate surface area is 91.5 Å². The van der Waals surface area contributed by atoms with Crippen molar-refractivity contribution in [1.29, 1.82) is 0 Å². The van der Waals surface area contributed by atoms with Crippen molar-refractivity contribution < 1.29 is 0 Å². The van der Waals surface area contributed by atoms with Crippen molar-refractivity contribution in [1.82, 2.24) is 0 Å². The highest BCUT2D eigenvalue weighted by Crippen LogP contribution is 2.19. The van der Waals surface area contributed by atoms with E-state index in [1.807, 2.05) is 12.4 Å². The minimum Gasteiger partial charge on any atom is -0.269 e. The van der Waals surface area contributed by atoms with Crippen LogP contribution in [0.15, 0.2) is 34.5 Å². The van der Waals surface area contributed by atoms with E-state index in [1.54, 1.807) is 0 Å². The van der Waals surface area contributed by atoms with Crippen LogP contribution >= 0.6 is 0 Å². The molecule has 2 heterocycles. The molecule has 0 saturated carbocycles. The molecule has 0 aromatic rings. The van der Waals surface area contributed by atoms with Crippen molar-refractivity contribution in [2.24, 2.45) is 21.8 Å². The summed E-state index contributed by atoms with van der Waals surface area (Å²) in [7, 11) is 0. The monoisotopic (exact) mass is 202 g/mol. The average molecular weight is 202 g/mol. The molecule has 2 heteroatoms. The van der Waals surface area contributed by atoms with Gasteiger partial charge in [0, 0.05) is 24.8 Å². The Balaban J connectivity index is 1.62. The zero-order valence-electron chi connectivity index (χ0n) is 9.05. The second kappa shape index (κ2) is 5.64. The van der Waals surface area contributed by atoms with Gasteiger partial charge >= 0.3 is 0 Å². The third kappa shape index (κ3) is 3.46. The third-order valence-corrected chi connectivity index (χ3v) is 3.00. The van der Waals surface area contributed by atoms with Crippen LogP contribution < -0.4 is 0 Å². The Morgan fingerprint density at radius 2 is 1.40 bits per heavy atom. The molecule has 0 amide bonds. The molecule has 0 N–H and O–H groups in total. The maximum Gasteiger partial charge on any atom is 0.0224 e. The molecule has 15 heavy (non-hydrogen) atoms. The standard InChI is InChI=1S/C13H18N2/c1(4-12-6-2-8-14-10-12)5-13-7-3-9-15-11-13/h2-3,8-13H,1,4-7H2. The summed E-state index contributed by atoms with van der Waals surface area (Å²) in [6, 6.07) is 0. The van der Waals surface area contributed by atoms with E-state index in [9.17, 15) is 0 Å². The van der Waals surface area contributed by atoms with Gasteiger partial charge in [-0.25, -0.2) is 0 Å². The van der Waals surface area contributed by atoms with Crippen LogP contribution in [0.3, 0.4) is 0 Å². The number of hydrogen-bond acceptors (Lipinski definition) is 2. The van der Waals surface area contributed by atoms with Crippen LogP contribution in [0.1, 0.15) is 32.1 Å². The molecule has 0 fully saturated rings. The number of nitrogens with zero attached hydrogens (tertiary/aromatic N) is 2. The zero-order valence-corrected chi connectivity index (χ0v) is 9.05. The van der Waals surface area contributed by atoms with Crippen LogP contribution in [0.25, 0.3) is 0 Å². The molecule has 0 aromatic heterocycles. The largest absolute Gasteiger partial charge is 0.269 e. The fraction of sp³-hybridized carbons (Fsp3) is 0.538. The van der Waals surface area contributed by atoms with E-state index in [2.05, 4.69) is 34.6 Å². The predicted molar refractivity (Wildman–Crippen MR) is 65.3 cm³/mol. The first-order valence-electron chi connectivity index (χ1n) is 5.82. The Morgan fingerprint density at radius 1 is 0.867 bits per heavy atom. The second-order valence-corrected chi connectivity index (χ2v) is 4.29. The summed E-state index contributed by atoms with van der Waals surface area (Å²) in [5, 5.41) is 0. The molecule has 0 spiro atoms. The van der Waals surface area contributed by atoms with E-state index in [0.717, 1.165) is 0 Å². The molecule has 0 saturated heterocycles. The lowest BCUT2D eigenvalue weighted by molar-refractivity contribution is 0.527. The summed E-state index contributed by atoms with van der Waals surface area (Å²) in [5.74, 6) is 1.34. The van der Waals surface area contributed by atoms with E-state index in [-0.39, 0.29) is 0 Å². The molecule has 2 unspecified atom stereocenters. The van der Waals surface area contributed by atoms with E-state index in [1.165, 1.54) is 32.1 Å². The lowest BCUT2D eigenvalue weighted by Crippen LogP contribution is -2.07. The van der Waals surface area contributed by atoms with Crippen LogP contribution in [0.2, 0.25) is 0 Å². The Kier molecular flexibility index (Phi) is 3.89. The summed E-state index contributed by atoms with van der Waals surface area (Å²) in [4.78, 5) is 8.36. The van der Waals surface area contributed by atoms with Crippen molar-refractivity contribution in [2.75, 3.05) is 0 Å². The molecular formula is C13H18N2. The Morgan fingerprint density at radius 3 is 1.80 bits per heavy atom. The summed E-state index contributed by atoms with van der Waals surface area (Å²) in [6.07, 6.45) is 18.5. The molecule has 2 aliphatic heterocycles. The van der Waals surface area contributed by atoms with Crippen LogP contribution in [0.4, 0.5) is 0 Å². The molecule has 2 aliphatic rings. The van der Waals surface area contributed by atoms with Gasteiger partial charge in [0.1, 0.15) is 0 Å². The minimum absolute atomic E-state index is 0.672. The molecule has 0 radical (unpaired) electrons. The smallest absolute Gasteiger partial charge is 0.0224 e. The van der Waals surface area contributed by atoms with Crippen LogP contribution in [-0.2, 0) is 0 Å². The van der Waals surface area contributed by atoms with Gasteiger partial charge in [-0.1, -0.05) is 18.6 Å². The lowest BCUT2D eigenvalue weighted by atomic mass is 9.93. The molecule has 0 aliphatic carbocycles. The number of rotatable bonds is 4. The minimum atomic E-state index is 0.672. The van der Waals surface area contributed by atoms with Crippen molar-refractivity contribution in [3.8, 4) is 0 Å².